The molecule has 2 N–H and O–H groups in total. The van der Waals surface area contributed by atoms with Crippen LogP contribution < -0.4 is 0 Å². The minimum Gasteiger partial charge on any atom is -0.393 e. The molecular weight excluding hydrogens is 324 g/mol. The average molecular weight is 365 g/mol. The number of hydrogen-bond donors (Lipinski definition) is 2. The molecule has 0 heterocycles. The third kappa shape index (κ3) is 2.97. The molecule has 4 fully saturated rings. The SMILES string of the molecule is CCC(O)[C@H]1CC[C@H]2[C@@H]3CC[C@@H]4C[C@](O)(COC)CC[C@@H]4[C@H]3CC[C@]12C. The molecule has 1 unspecified atom stereocenters. The van der Waals surface area contributed by atoms with Crippen LogP contribution in [0.4, 0.5) is 0 Å². The molecule has 0 aromatic heterocycles. The van der Waals surface area contributed by atoms with Crippen LogP contribution in [0.2, 0.25) is 0 Å². The molecule has 4 aliphatic rings. The van der Waals surface area contributed by atoms with E-state index in [0.29, 0.717) is 23.9 Å². The van der Waals surface area contributed by atoms with Crippen molar-refractivity contribution in [3.8, 4) is 0 Å². The number of methoxy groups -OCH3 is 1. The van der Waals surface area contributed by atoms with Crippen molar-refractivity contribution in [3.05, 3.63) is 0 Å². The summed E-state index contributed by atoms with van der Waals surface area (Å²) in [6.07, 6.45) is 11.8. The summed E-state index contributed by atoms with van der Waals surface area (Å²) in [4.78, 5) is 0. The molecule has 0 spiro atoms. The smallest absolute Gasteiger partial charge is 0.0882 e. The maximum absolute atomic E-state index is 10.9. The highest BCUT2D eigenvalue weighted by atomic mass is 16.5. The van der Waals surface area contributed by atoms with Gasteiger partial charge in [0, 0.05) is 7.11 Å². The van der Waals surface area contributed by atoms with Crippen LogP contribution in [0.5, 0.6) is 0 Å². The van der Waals surface area contributed by atoms with Crippen LogP contribution in [0.1, 0.15) is 78.1 Å². The summed E-state index contributed by atoms with van der Waals surface area (Å²) in [6.45, 7) is 5.15. The highest BCUT2D eigenvalue weighted by molar-refractivity contribution is 5.08. The van der Waals surface area contributed by atoms with Gasteiger partial charge in [-0.05, 0) is 105 Å². The zero-order valence-electron chi connectivity index (χ0n) is 17.1. The molecule has 26 heavy (non-hydrogen) atoms. The van der Waals surface area contributed by atoms with Gasteiger partial charge in [0.2, 0.25) is 0 Å². The van der Waals surface area contributed by atoms with Crippen LogP contribution in [0.25, 0.3) is 0 Å². The van der Waals surface area contributed by atoms with Crippen LogP contribution in [-0.2, 0) is 4.74 Å². The molecule has 4 saturated carbocycles. The molecule has 0 aliphatic heterocycles. The van der Waals surface area contributed by atoms with E-state index < -0.39 is 5.60 Å². The molecule has 3 heteroatoms. The van der Waals surface area contributed by atoms with Gasteiger partial charge >= 0.3 is 0 Å². The van der Waals surface area contributed by atoms with Gasteiger partial charge < -0.3 is 14.9 Å². The van der Waals surface area contributed by atoms with E-state index in [9.17, 15) is 10.2 Å². The fourth-order valence-electron chi connectivity index (χ4n) is 8.32. The number of aliphatic hydroxyl groups is 2. The largest absolute Gasteiger partial charge is 0.393 e. The van der Waals surface area contributed by atoms with Crippen molar-refractivity contribution < 1.29 is 14.9 Å². The predicted molar refractivity (Wildman–Crippen MR) is 104 cm³/mol. The van der Waals surface area contributed by atoms with Crippen LogP contribution in [-0.4, -0.2) is 35.6 Å². The van der Waals surface area contributed by atoms with E-state index >= 15 is 0 Å². The lowest BCUT2D eigenvalue weighted by molar-refractivity contribution is -0.128. The summed E-state index contributed by atoms with van der Waals surface area (Å²) in [5.74, 6) is 4.62. The van der Waals surface area contributed by atoms with Crippen LogP contribution >= 0.6 is 0 Å². The minimum atomic E-state index is -0.574. The Hall–Kier alpha value is -0.120. The zero-order chi connectivity index (χ0) is 18.5. The summed E-state index contributed by atoms with van der Waals surface area (Å²) in [6, 6.07) is 0. The first-order valence-electron chi connectivity index (χ1n) is 11.3. The Bertz CT molecular complexity index is 508. The number of ether oxygens (including phenoxy) is 1. The molecule has 0 bridgehead atoms. The van der Waals surface area contributed by atoms with E-state index in [2.05, 4.69) is 13.8 Å². The fourth-order valence-corrected chi connectivity index (χ4v) is 8.32. The fraction of sp³-hybridized carbons (Fsp3) is 1.00. The number of hydrogen-bond acceptors (Lipinski definition) is 3. The molecule has 0 saturated heterocycles. The number of aliphatic hydroxyl groups excluding tert-OH is 1. The molecule has 150 valence electrons. The second-order valence-corrected chi connectivity index (χ2v) is 10.5. The Balaban J connectivity index is 1.49. The highest BCUT2D eigenvalue weighted by Crippen LogP contribution is 2.65. The second kappa shape index (κ2) is 7.04. The van der Waals surface area contributed by atoms with Crippen LogP contribution in [0, 0.1) is 40.9 Å². The van der Waals surface area contributed by atoms with E-state index in [-0.39, 0.29) is 6.10 Å². The van der Waals surface area contributed by atoms with E-state index in [1.807, 2.05) is 0 Å². The van der Waals surface area contributed by atoms with Gasteiger partial charge in [-0.3, -0.25) is 0 Å². The molecule has 4 rings (SSSR count). The lowest BCUT2D eigenvalue weighted by Crippen LogP contribution is -2.52. The highest BCUT2D eigenvalue weighted by Gasteiger charge is 2.58. The third-order valence-electron chi connectivity index (χ3n) is 9.47. The Kier molecular flexibility index (Phi) is 5.20. The van der Waals surface area contributed by atoms with Gasteiger partial charge in [0.1, 0.15) is 0 Å². The standard InChI is InChI=1S/C23H40O3/c1-4-21(24)20-8-7-19-18-6-5-15-13-23(25,14-26-3)12-10-16(15)17(18)9-11-22(19,20)2/h15-21,24-25H,4-14H2,1-3H3/t15-,16+,17-,18-,19+,20-,21?,22+,23+/m1/s1. The van der Waals surface area contributed by atoms with Gasteiger partial charge in [-0.2, -0.15) is 0 Å². The van der Waals surface area contributed by atoms with Gasteiger partial charge in [-0.1, -0.05) is 13.8 Å². The van der Waals surface area contributed by atoms with Gasteiger partial charge in [-0.15, -0.1) is 0 Å². The molecular formula is C23H40O3. The zero-order valence-corrected chi connectivity index (χ0v) is 17.1. The van der Waals surface area contributed by atoms with Gasteiger partial charge in [0.05, 0.1) is 18.3 Å². The van der Waals surface area contributed by atoms with E-state index in [0.717, 1.165) is 42.9 Å². The third-order valence-corrected chi connectivity index (χ3v) is 9.47. The molecule has 0 aromatic rings. The maximum atomic E-state index is 10.9. The van der Waals surface area contributed by atoms with E-state index in [4.69, 9.17) is 4.74 Å². The minimum absolute atomic E-state index is 0.100. The summed E-state index contributed by atoms with van der Waals surface area (Å²) >= 11 is 0. The van der Waals surface area contributed by atoms with Gasteiger partial charge in [0.25, 0.3) is 0 Å². The van der Waals surface area contributed by atoms with E-state index in [1.165, 1.54) is 44.9 Å². The van der Waals surface area contributed by atoms with Crippen molar-refractivity contribution in [2.75, 3.05) is 13.7 Å². The van der Waals surface area contributed by atoms with Crippen molar-refractivity contribution in [3.63, 3.8) is 0 Å². The summed E-state index contributed by atoms with van der Waals surface area (Å²) in [5, 5.41) is 21.5. The Morgan fingerprint density at radius 3 is 2.50 bits per heavy atom. The quantitative estimate of drug-likeness (QED) is 0.777. The van der Waals surface area contributed by atoms with Crippen LogP contribution in [0.15, 0.2) is 0 Å². The van der Waals surface area contributed by atoms with Gasteiger partial charge in [-0.25, -0.2) is 0 Å². The summed E-state index contributed by atoms with van der Waals surface area (Å²) in [7, 11) is 1.71. The van der Waals surface area contributed by atoms with Crippen molar-refractivity contribution in [1.29, 1.82) is 0 Å². The molecule has 9 atom stereocenters. The monoisotopic (exact) mass is 364 g/mol. The second-order valence-electron chi connectivity index (χ2n) is 10.5. The van der Waals surface area contributed by atoms with Crippen molar-refractivity contribution >= 4 is 0 Å². The Labute approximate surface area is 159 Å². The van der Waals surface area contributed by atoms with Crippen molar-refractivity contribution in [2.45, 2.75) is 89.8 Å². The number of rotatable bonds is 4. The average Bonchev–Trinajstić information content (AvgIpc) is 2.98. The van der Waals surface area contributed by atoms with Crippen LogP contribution in [0.3, 0.4) is 0 Å². The molecule has 0 radical (unpaired) electrons. The molecule has 0 aromatic carbocycles. The van der Waals surface area contributed by atoms with Crippen molar-refractivity contribution in [2.24, 2.45) is 40.9 Å². The molecule has 3 nitrogen and oxygen atoms in total. The summed E-state index contributed by atoms with van der Waals surface area (Å²) in [5.41, 5.74) is -0.204. The molecule has 0 amide bonds. The topological polar surface area (TPSA) is 49.7 Å². The lowest BCUT2D eigenvalue weighted by atomic mass is 9.48. The summed E-state index contributed by atoms with van der Waals surface area (Å²) < 4.78 is 5.31. The first kappa shape index (κ1) is 19.2. The maximum Gasteiger partial charge on any atom is 0.0882 e. The number of fused-ring (bicyclic) bond motifs is 5. The lowest BCUT2D eigenvalue weighted by Gasteiger charge is -2.57. The normalized spacial score (nSPS) is 52.0. The first-order valence-corrected chi connectivity index (χ1v) is 11.3. The first-order chi connectivity index (χ1) is 12.4. The Morgan fingerprint density at radius 2 is 1.77 bits per heavy atom. The Morgan fingerprint density at radius 1 is 1.00 bits per heavy atom. The van der Waals surface area contributed by atoms with E-state index in [1.54, 1.807) is 7.11 Å². The predicted octanol–water partition coefficient (Wildman–Crippen LogP) is 4.40. The van der Waals surface area contributed by atoms with Gasteiger partial charge in [0.15, 0.2) is 0 Å². The van der Waals surface area contributed by atoms with Crippen molar-refractivity contribution in [1.82, 2.24) is 0 Å². The molecule has 4 aliphatic carbocycles.